The molecule has 0 radical (unpaired) electrons. The number of aliphatic carboxylic acids is 1. The van der Waals surface area contributed by atoms with E-state index in [9.17, 15) is 19.5 Å². The van der Waals surface area contributed by atoms with Gasteiger partial charge in [-0.05, 0) is 36.2 Å². The molecule has 2 rings (SSSR count). The Morgan fingerprint density at radius 2 is 1.65 bits per heavy atom. The molecule has 136 valence electrons. The molecular weight excluding hydrogens is 334 g/mol. The number of hydrogen-bond donors (Lipinski definition) is 2. The van der Waals surface area contributed by atoms with Crippen LogP contribution in [0.3, 0.4) is 0 Å². The van der Waals surface area contributed by atoms with Gasteiger partial charge in [0.15, 0.2) is 11.8 Å². The molecule has 0 fully saturated rings. The fourth-order valence-electron chi connectivity index (χ4n) is 2.50. The number of rotatable bonds is 9. The molecule has 2 aromatic carbocycles. The third-order valence-corrected chi connectivity index (χ3v) is 3.90. The highest BCUT2D eigenvalue weighted by Crippen LogP contribution is 2.15. The largest absolute Gasteiger partial charge is 0.497 e. The Bertz CT molecular complexity index is 756. The van der Waals surface area contributed by atoms with Crippen LogP contribution in [0.25, 0.3) is 0 Å². The van der Waals surface area contributed by atoms with E-state index < -0.39 is 17.9 Å². The number of hydrogen-bond acceptors (Lipinski definition) is 4. The highest BCUT2D eigenvalue weighted by molar-refractivity contribution is 5.96. The molecule has 0 unspecified atom stereocenters. The first-order valence-corrected chi connectivity index (χ1v) is 8.25. The number of nitrogens with one attached hydrogen (secondary N) is 1. The Morgan fingerprint density at radius 3 is 2.23 bits per heavy atom. The van der Waals surface area contributed by atoms with Crippen molar-refractivity contribution in [1.29, 1.82) is 0 Å². The number of ketones is 1. The van der Waals surface area contributed by atoms with Crippen molar-refractivity contribution in [2.24, 2.45) is 0 Å². The zero-order valence-electron chi connectivity index (χ0n) is 14.5. The molecule has 0 saturated heterocycles. The Balaban J connectivity index is 1.83. The summed E-state index contributed by atoms with van der Waals surface area (Å²) in [4.78, 5) is 35.5. The van der Waals surface area contributed by atoms with Gasteiger partial charge in [-0.25, -0.2) is 4.79 Å². The number of ether oxygens (including phenoxy) is 1. The van der Waals surface area contributed by atoms with E-state index in [1.165, 1.54) is 0 Å². The number of amides is 1. The second-order valence-corrected chi connectivity index (χ2v) is 5.75. The number of benzene rings is 2. The average molecular weight is 355 g/mol. The number of Topliss-reactive ketones (excluding diaryl/α,β-unsaturated/α-hetero) is 1. The monoisotopic (exact) mass is 355 g/mol. The summed E-state index contributed by atoms with van der Waals surface area (Å²) in [7, 11) is 1.55. The first kappa shape index (κ1) is 19.2. The van der Waals surface area contributed by atoms with E-state index in [2.05, 4.69) is 5.32 Å². The summed E-state index contributed by atoms with van der Waals surface area (Å²) in [5.41, 5.74) is 1.06. The van der Waals surface area contributed by atoms with Crippen LogP contribution < -0.4 is 10.1 Å². The van der Waals surface area contributed by atoms with Crippen molar-refractivity contribution in [3.8, 4) is 5.75 Å². The lowest BCUT2D eigenvalue weighted by atomic mass is 10.0. The molecule has 6 heteroatoms. The second-order valence-electron chi connectivity index (χ2n) is 5.75. The molecule has 1 atom stereocenters. The van der Waals surface area contributed by atoms with Gasteiger partial charge in [-0.1, -0.05) is 30.3 Å². The van der Waals surface area contributed by atoms with Crippen molar-refractivity contribution in [3.63, 3.8) is 0 Å². The van der Waals surface area contributed by atoms with Crippen LogP contribution in [-0.4, -0.2) is 29.9 Å². The van der Waals surface area contributed by atoms with E-state index in [0.717, 1.165) is 0 Å². The van der Waals surface area contributed by atoms with E-state index in [1.54, 1.807) is 61.7 Å². The summed E-state index contributed by atoms with van der Waals surface area (Å²) in [6.45, 7) is 0. The Hall–Kier alpha value is -3.15. The van der Waals surface area contributed by atoms with Crippen LogP contribution in [0.5, 0.6) is 5.75 Å². The van der Waals surface area contributed by atoms with E-state index >= 15 is 0 Å². The maximum Gasteiger partial charge on any atom is 0.330 e. The Morgan fingerprint density at radius 1 is 1.00 bits per heavy atom. The normalized spacial score (nSPS) is 11.4. The van der Waals surface area contributed by atoms with Crippen LogP contribution in [0.4, 0.5) is 0 Å². The van der Waals surface area contributed by atoms with Crippen LogP contribution >= 0.6 is 0 Å². The summed E-state index contributed by atoms with van der Waals surface area (Å²) >= 11 is 0. The third-order valence-electron chi connectivity index (χ3n) is 3.90. The van der Waals surface area contributed by atoms with Crippen LogP contribution in [0.1, 0.15) is 41.2 Å². The van der Waals surface area contributed by atoms with E-state index in [-0.39, 0.29) is 18.6 Å². The molecule has 0 aliphatic rings. The smallest absolute Gasteiger partial charge is 0.330 e. The molecule has 26 heavy (non-hydrogen) atoms. The molecule has 1 amide bonds. The zero-order chi connectivity index (χ0) is 18.9. The van der Waals surface area contributed by atoms with Crippen molar-refractivity contribution in [2.45, 2.75) is 25.3 Å². The van der Waals surface area contributed by atoms with Gasteiger partial charge >= 0.3 is 5.97 Å². The molecule has 0 saturated carbocycles. The summed E-state index contributed by atoms with van der Waals surface area (Å²) in [5, 5.41) is 11.8. The number of carboxylic acids is 1. The van der Waals surface area contributed by atoms with Crippen LogP contribution in [0.15, 0.2) is 54.6 Å². The SMILES string of the molecule is COc1ccc(C(=O)CCCC(=O)N[C@H](C(=O)O)c2ccccc2)cc1. The van der Waals surface area contributed by atoms with Crippen molar-refractivity contribution in [3.05, 3.63) is 65.7 Å². The van der Waals surface area contributed by atoms with Crippen molar-refractivity contribution in [2.75, 3.05) is 7.11 Å². The first-order chi connectivity index (χ1) is 12.5. The van der Waals surface area contributed by atoms with Gasteiger partial charge in [0.1, 0.15) is 5.75 Å². The molecule has 2 N–H and O–H groups in total. The number of carbonyl (C=O) groups is 3. The molecular formula is C20H21NO5. The van der Waals surface area contributed by atoms with Gasteiger partial charge in [-0.15, -0.1) is 0 Å². The number of carboxylic acid groups (broad SMARTS) is 1. The van der Waals surface area contributed by atoms with Crippen molar-refractivity contribution in [1.82, 2.24) is 5.32 Å². The minimum atomic E-state index is -1.13. The molecule has 0 aliphatic carbocycles. The molecule has 0 aliphatic heterocycles. The van der Waals surface area contributed by atoms with Gasteiger partial charge in [-0.2, -0.15) is 0 Å². The third kappa shape index (κ3) is 5.44. The molecule has 6 nitrogen and oxygen atoms in total. The van der Waals surface area contributed by atoms with Gasteiger partial charge in [0, 0.05) is 18.4 Å². The van der Waals surface area contributed by atoms with Gasteiger partial charge < -0.3 is 15.2 Å². The summed E-state index contributed by atoms with van der Waals surface area (Å²) < 4.78 is 5.04. The van der Waals surface area contributed by atoms with Crippen molar-refractivity contribution >= 4 is 17.7 Å². The van der Waals surface area contributed by atoms with Crippen LogP contribution in [0, 0.1) is 0 Å². The van der Waals surface area contributed by atoms with Crippen LogP contribution in [-0.2, 0) is 9.59 Å². The maximum absolute atomic E-state index is 12.1. The number of methoxy groups -OCH3 is 1. The highest BCUT2D eigenvalue weighted by atomic mass is 16.5. The van der Waals surface area contributed by atoms with Gasteiger partial charge in [-0.3, -0.25) is 9.59 Å². The topological polar surface area (TPSA) is 92.7 Å². The summed E-state index contributed by atoms with van der Waals surface area (Å²) in [6, 6.07) is 14.2. The average Bonchev–Trinajstić information content (AvgIpc) is 2.66. The van der Waals surface area contributed by atoms with E-state index in [1.807, 2.05) is 0 Å². The lowest BCUT2D eigenvalue weighted by Gasteiger charge is -2.14. The lowest BCUT2D eigenvalue weighted by molar-refractivity contribution is -0.142. The summed E-state index contributed by atoms with van der Waals surface area (Å²) in [6.07, 6.45) is 0.638. The van der Waals surface area contributed by atoms with Gasteiger partial charge in [0.25, 0.3) is 0 Å². The van der Waals surface area contributed by atoms with E-state index in [0.29, 0.717) is 23.3 Å². The predicted molar refractivity (Wildman–Crippen MR) is 96.1 cm³/mol. The zero-order valence-corrected chi connectivity index (χ0v) is 14.5. The molecule has 0 spiro atoms. The highest BCUT2D eigenvalue weighted by Gasteiger charge is 2.21. The number of carbonyl (C=O) groups excluding carboxylic acids is 2. The quantitative estimate of drug-likeness (QED) is 0.675. The van der Waals surface area contributed by atoms with E-state index in [4.69, 9.17) is 4.74 Å². The maximum atomic E-state index is 12.1. The molecule has 0 heterocycles. The first-order valence-electron chi connectivity index (χ1n) is 8.25. The van der Waals surface area contributed by atoms with Gasteiger partial charge in [0.05, 0.1) is 7.11 Å². The molecule has 2 aromatic rings. The lowest BCUT2D eigenvalue weighted by Crippen LogP contribution is -2.33. The minimum absolute atomic E-state index is 0.0710. The minimum Gasteiger partial charge on any atom is -0.497 e. The summed E-state index contributed by atoms with van der Waals surface area (Å²) in [5.74, 6) is -0.928. The Kier molecular flexibility index (Phi) is 6.91. The predicted octanol–water partition coefficient (Wildman–Crippen LogP) is 2.99. The molecule has 0 bridgehead atoms. The fourth-order valence-corrected chi connectivity index (χ4v) is 2.50. The van der Waals surface area contributed by atoms with Gasteiger partial charge in [0.2, 0.25) is 5.91 Å². The standard InChI is InChI=1S/C20H21NO5/c1-26-16-12-10-14(11-13-16)17(22)8-5-9-18(23)21-19(20(24)25)15-6-3-2-4-7-15/h2-4,6-7,10-13,19H,5,8-9H2,1H3,(H,21,23)(H,24,25)/t19-/m0/s1. The molecule has 0 aromatic heterocycles. The second kappa shape index (κ2) is 9.36. The van der Waals surface area contributed by atoms with Crippen molar-refractivity contribution < 1.29 is 24.2 Å². The fraction of sp³-hybridized carbons (Fsp3) is 0.250. The van der Waals surface area contributed by atoms with Crippen LogP contribution in [0.2, 0.25) is 0 Å². The Labute approximate surface area is 151 Å².